The molecule has 0 atom stereocenters. The fourth-order valence-corrected chi connectivity index (χ4v) is 2.07. The lowest BCUT2D eigenvalue weighted by Crippen LogP contribution is -2.39. The number of halogens is 1. The van der Waals surface area contributed by atoms with Crippen LogP contribution >= 0.6 is 15.9 Å². The summed E-state index contributed by atoms with van der Waals surface area (Å²) in [4.78, 5) is 22.0. The molecule has 0 fully saturated rings. The summed E-state index contributed by atoms with van der Waals surface area (Å²) in [5.41, 5.74) is 0.345. The predicted molar refractivity (Wildman–Crippen MR) is 76.1 cm³/mol. The number of nitro benzene ring substituents is 1. The SMILES string of the molecule is O=C(C[n+]1cccc(Br)c1)Nc1cccc([N+](=O)[O-])c1. The van der Waals surface area contributed by atoms with E-state index in [1.54, 1.807) is 23.0 Å². The van der Waals surface area contributed by atoms with Gasteiger partial charge in [-0.1, -0.05) is 6.07 Å². The molecule has 20 heavy (non-hydrogen) atoms. The van der Waals surface area contributed by atoms with Crippen molar-refractivity contribution in [2.45, 2.75) is 6.54 Å². The Labute approximate surface area is 123 Å². The highest BCUT2D eigenvalue weighted by Gasteiger charge is 2.12. The third kappa shape index (κ3) is 3.86. The highest BCUT2D eigenvalue weighted by atomic mass is 79.9. The Bertz CT molecular complexity index is 661. The van der Waals surface area contributed by atoms with Crippen molar-refractivity contribution in [1.29, 1.82) is 0 Å². The molecule has 1 aromatic carbocycles. The van der Waals surface area contributed by atoms with Crippen LogP contribution in [-0.2, 0) is 11.3 Å². The summed E-state index contributed by atoms with van der Waals surface area (Å²) in [6.45, 7) is 0.127. The van der Waals surface area contributed by atoms with Crippen LogP contribution in [0.2, 0.25) is 0 Å². The van der Waals surface area contributed by atoms with Crippen molar-refractivity contribution in [3.8, 4) is 0 Å². The van der Waals surface area contributed by atoms with Gasteiger partial charge in [0.2, 0.25) is 6.54 Å². The second kappa shape index (κ2) is 6.25. The van der Waals surface area contributed by atoms with Crippen molar-refractivity contribution in [2.75, 3.05) is 5.32 Å². The summed E-state index contributed by atoms with van der Waals surface area (Å²) < 4.78 is 2.57. The van der Waals surface area contributed by atoms with Crippen LogP contribution in [0.5, 0.6) is 0 Å². The van der Waals surface area contributed by atoms with Crippen LogP contribution in [0.4, 0.5) is 11.4 Å². The zero-order valence-electron chi connectivity index (χ0n) is 10.3. The number of hydrogen-bond acceptors (Lipinski definition) is 3. The topological polar surface area (TPSA) is 76.1 Å². The summed E-state index contributed by atoms with van der Waals surface area (Å²) in [5.74, 6) is -0.256. The molecule has 1 heterocycles. The van der Waals surface area contributed by atoms with Crippen LogP contribution in [0, 0.1) is 10.1 Å². The number of non-ortho nitro benzene ring substituents is 1. The molecule has 1 N–H and O–H groups in total. The third-order valence-corrected chi connectivity index (χ3v) is 2.96. The highest BCUT2D eigenvalue weighted by Crippen LogP contribution is 2.16. The Morgan fingerprint density at radius 2 is 2.15 bits per heavy atom. The van der Waals surface area contributed by atoms with Gasteiger partial charge >= 0.3 is 0 Å². The van der Waals surface area contributed by atoms with Gasteiger partial charge in [0.15, 0.2) is 12.4 Å². The Balaban J connectivity index is 2.04. The Hall–Kier alpha value is -2.28. The maximum absolute atomic E-state index is 11.9. The quantitative estimate of drug-likeness (QED) is 0.528. The molecule has 0 saturated carbocycles. The first-order chi connectivity index (χ1) is 9.54. The molecule has 6 nitrogen and oxygen atoms in total. The lowest BCUT2D eigenvalue weighted by molar-refractivity contribution is -0.684. The first-order valence-electron chi connectivity index (χ1n) is 5.73. The van der Waals surface area contributed by atoms with Gasteiger partial charge in [0, 0.05) is 23.9 Å². The van der Waals surface area contributed by atoms with Gasteiger partial charge in [-0.25, -0.2) is 0 Å². The minimum absolute atomic E-state index is 0.0575. The fraction of sp³-hybridized carbons (Fsp3) is 0.0769. The average molecular weight is 337 g/mol. The molecule has 2 aromatic rings. The molecule has 0 aliphatic heterocycles. The lowest BCUT2D eigenvalue weighted by Gasteiger charge is -2.03. The van der Waals surface area contributed by atoms with Crippen LogP contribution in [0.3, 0.4) is 0 Å². The van der Waals surface area contributed by atoms with Crippen molar-refractivity contribution < 1.29 is 14.3 Å². The molecule has 1 amide bonds. The van der Waals surface area contributed by atoms with E-state index in [0.717, 1.165) is 4.47 Å². The monoisotopic (exact) mass is 336 g/mol. The number of carbonyl (C=O) groups is 1. The number of aromatic nitrogens is 1. The summed E-state index contributed by atoms with van der Waals surface area (Å²) in [5, 5.41) is 13.3. The van der Waals surface area contributed by atoms with E-state index in [1.807, 2.05) is 12.1 Å². The molecule has 0 saturated heterocycles. The largest absolute Gasteiger partial charge is 0.320 e. The van der Waals surface area contributed by atoms with Gasteiger partial charge in [0.25, 0.3) is 11.6 Å². The number of benzene rings is 1. The van der Waals surface area contributed by atoms with E-state index in [1.165, 1.54) is 18.2 Å². The van der Waals surface area contributed by atoms with Crippen molar-refractivity contribution in [3.05, 3.63) is 63.4 Å². The van der Waals surface area contributed by atoms with Crippen molar-refractivity contribution in [3.63, 3.8) is 0 Å². The summed E-state index contributed by atoms with van der Waals surface area (Å²) in [6.07, 6.45) is 3.53. The highest BCUT2D eigenvalue weighted by molar-refractivity contribution is 9.10. The molecular weight excluding hydrogens is 326 g/mol. The minimum Gasteiger partial charge on any atom is -0.320 e. The number of hydrogen-bond donors (Lipinski definition) is 1. The Morgan fingerprint density at radius 3 is 2.85 bits per heavy atom. The van der Waals surface area contributed by atoms with E-state index in [4.69, 9.17) is 0 Å². The Kier molecular flexibility index (Phi) is 4.41. The number of nitrogens with zero attached hydrogens (tertiary/aromatic N) is 2. The minimum atomic E-state index is -0.501. The molecular formula is C13H11BrN3O3+. The van der Waals surface area contributed by atoms with Crippen LogP contribution in [0.25, 0.3) is 0 Å². The zero-order chi connectivity index (χ0) is 14.5. The van der Waals surface area contributed by atoms with Crippen molar-refractivity contribution >= 4 is 33.2 Å². The van der Waals surface area contributed by atoms with Gasteiger partial charge in [-0.2, -0.15) is 4.57 Å². The van der Waals surface area contributed by atoms with Crippen LogP contribution in [0.1, 0.15) is 0 Å². The summed E-state index contributed by atoms with van der Waals surface area (Å²) in [6, 6.07) is 9.50. The predicted octanol–water partition coefficient (Wildman–Crippen LogP) is 2.28. The molecule has 0 bridgehead atoms. The standard InChI is InChI=1S/C13H10BrN3O3/c14-10-3-2-6-16(8-10)9-13(18)15-11-4-1-5-12(7-11)17(19)20/h1-8H,9H2/p+1. The first-order valence-corrected chi connectivity index (χ1v) is 6.53. The van der Waals surface area contributed by atoms with E-state index in [2.05, 4.69) is 21.2 Å². The molecule has 0 unspecified atom stereocenters. The molecule has 0 aliphatic carbocycles. The maximum atomic E-state index is 11.9. The average Bonchev–Trinajstić information content (AvgIpc) is 2.38. The number of pyridine rings is 1. The van der Waals surface area contributed by atoms with E-state index in [0.29, 0.717) is 5.69 Å². The molecule has 0 radical (unpaired) electrons. The van der Waals surface area contributed by atoms with Gasteiger partial charge in [0.1, 0.15) is 0 Å². The Morgan fingerprint density at radius 1 is 1.35 bits per heavy atom. The van der Waals surface area contributed by atoms with E-state index in [-0.39, 0.29) is 18.1 Å². The fourth-order valence-electron chi connectivity index (χ4n) is 1.65. The molecule has 0 spiro atoms. The lowest BCUT2D eigenvalue weighted by atomic mass is 10.3. The number of nitrogens with one attached hydrogen (secondary N) is 1. The normalized spacial score (nSPS) is 10.1. The van der Waals surface area contributed by atoms with Crippen LogP contribution in [0.15, 0.2) is 53.3 Å². The second-order valence-electron chi connectivity index (χ2n) is 4.05. The first kappa shape index (κ1) is 14.1. The second-order valence-corrected chi connectivity index (χ2v) is 4.97. The molecule has 102 valence electrons. The summed E-state index contributed by atoms with van der Waals surface area (Å²) >= 11 is 3.32. The molecule has 2 rings (SSSR count). The molecule has 7 heteroatoms. The summed E-state index contributed by atoms with van der Waals surface area (Å²) in [7, 11) is 0. The van der Waals surface area contributed by atoms with E-state index < -0.39 is 4.92 Å². The van der Waals surface area contributed by atoms with E-state index in [9.17, 15) is 14.9 Å². The van der Waals surface area contributed by atoms with Crippen LogP contribution < -0.4 is 9.88 Å². The van der Waals surface area contributed by atoms with Gasteiger partial charge in [-0.3, -0.25) is 14.9 Å². The maximum Gasteiger partial charge on any atom is 0.290 e. The van der Waals surface area contributed by atoms with Crippen LogP contribution in [-0.4, -0.2) is 10.8 Å². The number of amides is 1. The van der Waals surface area contributed by atoms with E-state index >= 15 is 0 Å². The van der Waals surface area contributed by atoms with Gasteiger partial charge in [-0.05, 0) is 28.1 Å². The van der Waals surface area contributed by atoms with Crippen molar-refractivity contribution in [1.82, 2.24) is 0 Å². The molecule has 1 aromatic heterocycles. The van der Waals surface area contributed by atoms with Gasteiger partial charge < -0.3 is 5.32 Å². The van der Waals surface area contributed by atoms with Crippen molar-refractivity contribution in [2.24, 2.45) is 0 Å². The number of anilines is 1. The van der Waals surface area contributed by atoms with Gasteiger partial charge in [-0.15, -0.1) is 0 Å². The number of nitro groups is 1. The number of rotatable bonds is 4. The zero-order valence-corrected chi connectivity index (χ0v) is 11.9. The molecule has 0 aliphatic rings. The van der Waals surface area contributed by atoms with Gasteiger partial charge in [0.05, 0.1) is 9.40 Å². The number of carbonyl (C=O) groups excluding carboxylic acids is 1. The smallest absolute Gasteiger partial charge is 0.290 e. The third-order valence-electron chi connectivity index (χ3n) is 2.49.